The van der Waals surface area contributed by atoms with Crippen LogP contribution in [-0.2, 0) is 17.0 Å². The minimum atomic E-state index is -0.661. The van der Waals surface area contributed by atoms with Crippen molar-refractivity contribution in [1.29, 1.82) is 0 Å². The number of aromatic nitrogens is 5. The highest BCUT2D eigenvalue weighted by Gasteiger charge is 2.45. The molecule has 0 radical (unpaired) electrons. The molecule has 1 fully saturated rings. The van der Waals surface area contributed by atoms with Crippen LogP contribution in [-0.4, -0.2) is 56.1 Å². The number of fused-ring (bicyclic) bond motifs is 1. The van der Waals surface area contributed by atoms with Gasteiger partial charge >= 0.3 is 0 Å². The third-order valence-corrected chi connectivity index (χ3v) is 7.20. The van der Waals surface area contributed by atoms with E-state index in [1.165, 1.54) is 4.80 Å². The molecule has 0 N–H and O–H groups in total. The monoisotopic (exact) mass is 494 g/mol. The summed E-state index contributed by atoms with van der Waals surface area (Å²) in [5.74, 6) is 1.22. The molecule has 0 aliphatic carbocycles. The van der Waals surface area contributed by atoms with E-state index in [0.29, 0.717) is 35.3 Å². The summed E-state index contributed by atoms with van der Waals surface area (Å²) in [7, 11) is 3.23. The SMILES string of the molecule is COCn1c([C@]2(C)CCCN2C(=O)c2cc(OC)ccc2-n2nccn2)nc2ccc(Cl)c(C)c21. The molecule has 2 aromatic carbocycles. The molecule has 10 heteroatoms. The lowest BCUT2D eigenvalue weighted by Crippen LogP contribution is -2.45. The summed E-state index contributed by atoms with van der Waals surface area (Å²) in [4.78, 5) is 22.5. The first-order valence-corrected chi connectivity index (χ1v) is 11.8. The summed E-state index contributed by atoms with van der Waals surface area (Å²) in [6.07, 6.45) is 4.77. The summed E-state index contributed by atoms with van der Waals surface area (Å²) >= 11 is 6.44. The van der Waals surface area contributed by atoms with Crippen LogP contribution < -0.4 is 4.74 Å². The Morgan fingerprint density at radius 1 is 1.17 bits per heavy atom. The molecule has 1 aliphatic rings. The van der Waals surface area contributed by atoms with Crippen molar-refractivity contribution in [3.05, 3.63) is 64.7 Å². The number of likely N-dealkylation sites (tertiary alicyclic amines) is 1. The molecule has 2 aromatic heterocycles. The number of aryl methyl sites for hydroxylation is 1. The van der Waals surface area contributed by atoms with Crippen LogP contribution in [0.5, 0.6) is 5.75 Å². The van der Waals surface area contributed by atoms with Crippen LogP contribution in [0.3, 0.4) is 0 Å². The first-order chi connectivity index (χ1) is 16.9. The van der Waals surface area contributed by atoms with E-state index in [2.05, 4.69) is 17.1 Å². The number of benzene rings is 2. The molecule has 4 aromatic rings. The van der Waals surface area contributed by atoms with Gasteiger partial charge in [0.2, 0.25) is 0 Å². The maximum Gasteiger partial charge on any atom is 0.257 e. The zero-order chi connectivity index (χ0) is 24.7. The highest BCUT2D eigenvalue weighted by atomic mass is 35.5. The molecule has 0 spiro atoms. The second-order valence-electron chi connectivity index (χ2n) is 8.86. The Labute approximate surface area is 208 Å². The number of ether oxygens (including phenoxy) is 2. The number of rotatable bonds is 6. The second-order valence-corrected chi connectivity index (χ2v) is 9.26. The number of methoxy groups -OCH3 is 2. The van der Waals surface area contributed by atoms with E-state index in [-0.39, 0.29) is 5.91 Å². The lowest BCUT2D eigenvalue weighted by molar-refractivity contribution is 0.0571. The number of hydrogen-bond donors (Lipinski definition) is 0. The lowest BCUT2D eigenvalue weighted by atomic mass is 9.96. The Hall–Kier alpha value is -3.43. The van der Waals surface area contributed by atoms with E-state index in [1.807, 2.05) is 28.5 Å². The molecular weight excluding hydrogens is 468 g/mol. The van der Waals surface area contributed by atoms with Crippen molar-refractivity contribution in [3.63, 3.8) is 0 Å². The molecule has 3 heterocycles. The number of carbonyl (C=O) groups excluding carboxylic acids is 1. The van der Waals surface area contributed by atoms with Gasteiger partial charge in [0.05, 0.1) is 47.3 Å². The molecule has 0 saturated carbocycles. The van der Waals surface area contributed by atoms with E-state index >= 15 is 0 Å². The van der Waals surface area contributed by atoms with Crippen LogP contribution in [0.25, 0.3) is 16.7 Å². The standard InChI is InChI=1S/C25H27ClN6O3/c1-16-19(26)7-8-20-22(16)30(15-34-3)24(29-20)25(2)10-5-13-31(25)23(33)18-14-17(35-4)6-9-21(18)32-27-11-12-28-32/h6-9,11-12,14H,5,10,13,15H2,1-4H3/t25-/m0/s1. The molecule has 1 atom stereocenters. The zero-order valence-corrected chi connectivity index (χ0v) is 20.9. The Morgan fingerprint density at radius 2 is 1.94 bits per heavy atom. The fraction of sp³-hybridized carbons (Fsp3) is 0.360. The largest absolute Gasteiger partial charge is 0.497 e. The van der Waals surface area contributed by atoms with E-state index < -0.39 is 5.54 Å². The number of amides is 1. The molecule has 1 aliphatic heterocycles. The van der Waals surface area contributed by atoms with Gasteiger partial charge in [-0.1, -0.05) is 11.6 Å². The molecule has 5 rings (SSSR count). The molecule has 0 unspecified atom stereocenters. The Kier molecular flexibility index (Phi) is 5.98. The fourth-order valence-electron chi connectivity index (χ4n) is 5.03. The Bertz CT molecular complexity index is 1400. The van der Waals surface area contributed by atoms with Crippen molar-refractivity contribution in [3.8, 4) is 11.4 Å². The topological polar surface area (TPSA) is 87.3 Å². The van der Waals surface area contributed by atoms with Crippen LogP contribution in [0.4, 0.5) is 0 Å². The van der Waals surface area contributed by atoms with Crippen LogP contribution in [0.2, 0.25) is 5.02 Å². The molecule has 1 amide bonds. The van der Waals surface area contributed by atoms with Gasteiger partial charge < -0.3 is 18.9 Å². The van der Waals surface area contributed by atoms with Gasteiger partial charge in [-0.25, -0.2) is 4.98 Å². The summed E-state index contributed by atoms with van der Waals surface area (Å²) in [5, 5.41) is 9.15. The van der Waals surface area contributed by atoms with E-state index in [1.54, 1.807) is 44.8 Å². The van der Waals surface area contributed by atoms with Crippen molar-refractivity contribution in [2.75, 3.05) is 20.8 Å². The van der Waals surface area contributed by atoms with E-state index in [9.17, 15) is 4.79 Å². The van der Waals surface area contributed by atoms with Crippen molar-refractivity contribution in [2.45, 2.75) is 39.0 Å². The molecule has 35 heavy (non-hydrogen) atoms. The van der Waals surface area contributed by atoms with Gasteiger partial charge in [0, 0.05) is 18.7 Å². The summed E-state index contributed by atoms with van der Waals surface area (Å²) in [5.41, 5.74) is 3.05. The Balaban J connectivity index is 1.65. The zero-order valence-electron chi connectivity index (χ0n) is 20.2. The third-order valence-electron chi connectivity index (χ3n) is 6.79. The van der Waals surface area contributed by atoms with Crippen molar-refractivity contribution in [1.82, 2.24) is 29.4 Å². The number of halogens is 1. The smallest absolute Gasteiger partial charge is 0.257 e. The van der Waals surface area contributed by atoms with Gasteiger partial charge in [-0.2, -0.15) is 15.0 Å². The van der Waals surface area contributed by atoms with E-state index in [4.69, 9.17) is 26.1 Å². The predicted molar refractivity (Wildman–Crippen MR) is 132 cm³/mol. The number of imidazole rings is 1. The van der Waals surface area contributed by atoms with Gasteiger partial charge in [-0.15, -0.1) is 0 Å². The van der Waals surface area contributed by atoms with Crippen LogP contribution in [0, 0.1) is 6.92 Å². The minimum Gasteiger partial charge on any atom is -0.497 e. The molecule has 0 bridgehead atoms. The number of hydrogen-bond acceptors (Lipinski definition) is 6. The average Bonchev–Trinajstić information content (AvgIpc) is 3.61. The fourth-order valence-corrected chi connectivity index (χ4v) is 5.19. The summed E-state index contributed by atoms with van der Waals surface area (Å²) in [6.45, 7) is 4.93. The van der Waals surface area contributed by atoms with Crippen molar-refractivity contribution < 1.29 is 14.3 Å². The Morgan fingerprint density at radius 3 is 2.66 bits per heavy atom. The number of nitrogens with zero attached hydrogens (tertiary/aromatic N) is 6. The van der Waals surface area contributed by atoms with Gasteiger partial charge in [0.25, 0.3) is 5.91 Å². The lowest BCUT2D eigenvalue weighted by Gasteiger charge is -2.35. The maximum atomic E-state index is 14.1. The van der Waals surface area contributed by atoms with Crippen molar-refractivity contribution >= 4 is 28.5 Å². The first-order valence-electron chi connectivity index (χ1n) is 11.4. The highest BCUT2D eigenvalue weighted by molar-refractivity contribution is 6.32. The molecule has 9 nitrogen and oxygen atoms in total. The van der Waals surface area contributed by atoms with Crippen LogP contribution in [0.1, 0.15) is 41.5 Å². The van der Waals surface area contributed by atoms with Gasteiger partial charge in [-0.05, 0) is 62.6 Å². The number of carbonyl (C=O) groups is 1. The minimum absolute atomic E-state index is 0.137. The first kappa shape index (κ1) is 23.3. The molecule has 182 valence electrons. The van der Waals surface area contributed by atoms with Crippen molar-refractivity contribution in [2.24, 2.45) is 0 Å². The van der Waals surface area contributed by atoms with Crippen LogP contribution in [0.15, 0.2) is 42.7 Å². The quantitative estimate of drug-likeness (QED) is 0.396. The predicted octanol–water partition coefficient (Wildman–Crippen LogP) is 4.34. The third kappa shape index (κ3) is 3.75. The normalized spacial score (nSPS) is 17.9. The van der Waals surface area contributed by atoms with Gasteiger partial charge in [0.15, 0.2) is 0 Å². The average molecular weight is 495 g/mol. The summed E-state index contributed by atoms with van der Waals surface area (Å²) in [6, 6.07) is 9.09. The van der Waals surface area contributed by atoms with Crippen LogP contribution >= 0.6 is 11.6 Å². The van der Waals surface area contributed by atoms with Gasteiger partial charge in [-0.3, -0.25) is 4.79 Å². The van der Waals surface area contributed by atoms with E-state index in [0.717, 1.165) is 35.3 Å². The molecule has 1 saturated heterocycles. The highest BCUT2D eigenvalue weighted by Crippen LogP contribution is 2.42. The second kappa shape index (κ2) is 8.98. The molecular formula is C25H27ClN6O3. The summed E-state index contributed by atoms with van der Waals surface area (Å²) < 4.78 is 13.0. The maximum absolute atomic E-state index is 14.1. The van der Waals surface area contributed by atoms with Gasteiger partial charge in [0.1, 0.15) is 18.3 Å².